The van der Waals surface area contributed by atoms with E-state index in [0.717, 1.165) is 38.4 Å². The molecule has 0 saturated heterocycles. The minimum atomic E-state index is 0.805. The lowest BCUT2D eigenvalue weighted by atomic mass is 10.2. The maximum absolute atomic E-state index is 5.58. The van der Waals surface area contributed by atoms with Crippen molar-refractivity contribution in [3.05, 3.63) is 47.8 Å². The van der Waals surface area contributed by atoms with Gasteiger partial charge in [-0.1, -0.05) is 6.92 Å². The summed E-state index contributed by atoms with van der Waals surface area (Å²) in [5.41, 5.74) is 2.39. The van der Waals surface area contributed by atoms with E-state index in [2.05, 4.69) is 30.3 Å². The van der Waals surface area contributed by atoms with Crippen LogP contribution in [0, 0.1) is 0 Å². The SMILES string of the molecule is CCCNCc1coc(CN(C)Cc2ccoc2)c1. The zero-order valence-electron chi connectivity index (χ0n) is 11.7. The average Bonchev–Trinajstić information content (AvgIpc) is 3.02. The summed E-state index contributed by atoms with van der Waals surface area (Å²) in [6.45, 7) is 5.75. The molecule has 0 amide bonds. The Morgan fingerprint density at radius 1 is 1.21 bits per heavy atom. The van der Waals surface area contributed by atoms with Crippen molar-refractivity contribution in [1.29, 1.82) is 0 Å². The number of furan rings is 2. The molecular weight excluding hydrogens is 240 g/mol. The van der Waals surface area contributed by atoms with E-state index in [1.165, 1.54) is 11.1 Å². The van der Waals surface area contributed by atoms with E-state index in [9.17, 15) is 0 Å². The Balaban J connectivity index is 1.78. The highest BCUT2D eigenvalue weighted by Gasteiger charge is 2.06. The van der Waals surface area contributed by atoms with Gasteiger partial charge in [-0.25, -0.2) is 0 Å². The van der Waals surface area contributed by atoms with E-state index in [0.29, 0.717) is 0 Å². The quantitative estimate of drug-likeness (QED) is 0.743. The Hall–Kier alpha value is -1.52. The first kappa shape index (κ1) is 13.9. The van der Waals surface area contributed by atoms with Gasteiger partial charge in [0.2, 0.25) is 0 Å². The number of nitrogens with zero attached hydrogens (tertiary/aromatic N) is 1. The second-order valence-corrected chi connectivity index (χ2v) is 4.90. The molecule has 4 heteroatoms. The van der Waals surface area contributed by atoms with Gasteiger partial charge in [-0.3, -0.25) is 4.90 Å². The third-order valence-corrected chi connectivity index (χ3v) is 2.92. The highest BCUT2D eigenvalue weighted by Crippen LogP contribution is 2.12. The van der Waals surface area contributed by atoms with Crippen LogP contribution in [0.3, 0.4) is 0 Å². The van der Waals surface area contributed by atoms with Crippen molar-refractivity contribution in [2.75, 3.05) is 13.6 Å². The minimum Gasteiger partial charge on any atom is -0.472 e. The molecule has 0 saturated carbocycles. The zero-order chi connectivity index (χ0) is 13.5. The van der Waals surface area contributed by atoms with Crippen molar-refractivity contribution in [3.63, 3.8) is 0 Å². The van der Waals surface area contributed by atoms with Crippen LogP contribution in [0.5, 0.6) is 0 Å². The maximum atomic E-state index is 5.58. The van der Waals surface area contributed by atoms with Crippen LogP contribution in [0.15, 0.2) is 39.8 Å². The lowest BCUT2D eigenvalue weighted by Crippen LogP contribution is -2.16. The molecule has 0 aliphatic heterocycles. The molecule has 0 bridgehead atoms. The van der Waals surface area contributed by atoms with Gasteiger partial charge in [-0.05, 0) is 32.1 Å². The maximum Gasteiger partial charge on any atom is 0.118 e. The van der Waals surface area contributed by atoms with Crippen LogP contribution in [0.4, 0.5) is 0 Å². The molecule has 4 nitrogen and oxygen atoms in total. The molecule has 2 aromatic heterocycles. The largest absolute Gasteiger partial charge is 0.472 e. The summed E-state index contributed by atoms with van der Waals surface area (Å²) in [5.74, 6) is 0.999. The predicted octanol–water partition coefficient (Wildman–Crippen LogP) is 3.00. The molecule has 0 aromatic carbocycles. The third-order valence-electron chi connectivity index (χ3n) is 2.92. The predicted molar refractivity (Wildman–Crippen MR) is 74.6 cm³/mol. The fraction of sp³-hybridized carbons (Fsp3) is 0.467. The van der Waals surface area contributed by atoms with Gasteiger partial charge >= 0.3 is 0 Å². The first-order chi connectivity index (χ1) is 9.28. The standard InChI is InChI=1S/C15H22N2O2/c1-3-5-16-8-14-7-15(19-12-14)10-17(2)9-13-4-6-18-11-13/h4,6-7,11-12,16H,3,5,8-10H2,1-2H3. The molecule has 1 N–H and O–H groups in total. The first-order valence-corrected chi connectivity index (χ1v) is 6.74. The monoisotopic (exact) mass is 262 g/mol. The van der Waals surface area contributed by atoms with Crippen LogP contribution < -0.4 is 5.32 Å². The van der Waals surface area contributed by atoms with Crippen LogP contribution in [-0.2, 0) is 19.6 Å². The Labute approximate surface area is 114 Å². The molecule has 0 spiro atoms. The van der Waals surface area contributed by atoms with Gasteiger partial charge in [0.1, 0.15) is 5.76 Å². The summed E-state index contributed by atoms with van der Waals surface area (Å²) in [4.78, 5) is 2.20. The van der Waals surface area contributed by atoms with E-state index in [1.807, 2.05) is 12.3 Å². The zero-order valence-corrected chi connectivity index (χ0v) is 11.7. The van der Waals surface area contributed by atoms with Crippen LogP contribution in [0.2, 0.25) is 0 Å². The van der Waals surface area contributed by atoms with Gasteiger partial charge in [0.25, 0.3) is 0 Å². The van der Waals surface area contributed by atoms with Gasteiger partial charge in [-0.2, -0.15) is 0 Å². The lowest BCUT2D eigenvalue weighted by Gasteiger charge is -2.13. The van der Waals surface area contributed by atoms with Crippen LogP contribution in [0.25, 0.3) is 0 Å². The van der Waals surface area contributed by atoms with Gasteiger partial charge < -0.3 is 14.2 Å². The molecule has 0 unspecified atom stereocenters. The van der Waals surface area contributed by atoms with Crippen molar-refractivity contribution in [2.24, 2.45) is 0 Å². The molecule has 2 rings (SSSR count). The number of rotatable bonds is 8. The minimum absolute atomic E-state index is 0.805. The van der Waals surface area contributed by atoms with Crippen molar-refractivity contribution >= 4 is 0 Å². The summed E-state index contributed by atoms with van der Waals surface area (Å²) in [7, 11) is 2.07. The molecule has 19 heavy (non-hydrogen) atoms. The van der Waals surface area contributed by atoms with Crippen molar-refractivity contribution in [2.45, 2.75) is 33.0 Å². The normalized spacial score (nSPS) is 11.3. The Kier molecular flexibility index (Phi) is 5.24. The molecule has 2 aromatic rings. The van der Waals surface area contributed by atoms with E-state index in [-0.39, 0.29) is 0 Å². The van der Waals surface area contributed by atoms with Gasteiger partial charge in [0, 0.05) is 24.2 Å². The second-order valence-electron chi connectivity index (χ2n) is 4.90. The third kappa shape index (κ3) is 4.58. The van der Waals surface area contributed by atoms with Crippen molar-refractivity contribution in [3.8, 4) is 0 Å². The van der Waals surface area contributed by atoms with Crippen molar-refractivity contribution < 1.29 is 8.83 Å². The highest BCUT2D eigenvalue weighted by atomic mass is 16.3. The Bertz CT molecular complexity index is 462. The summed E-state index contributed by atoms with van der Waals surface area (Å²) in [5, 5.41) is 3.37. The van der Waals surface area contributed by atoms with Crippen LogP contribution >= 0.6 is 0 Å². The van der Waals surface area contributed by atoms with E-state index < -0.39 is 0 Å². The summed E-state index contributed by atoms with van der Waals surface area (Å²) in [6.07, 6.45) is 6.47. The first-order valence-electron chi connectivity index (χ1n) is 6.74. The highest BCUT2D eigenvalue weighted by molar-refractivity contribution is 5.13. The fourth-order valence-electron chi connectivity index (χ4n) is 2.03. The average molecular weight is 262 g/mol. The molecule has 0 radical (unpaired) electrons. The number of hydrogen-bond donors (Lipinski definition) is 1. The lowest BCUT2D eigenvalue weighted by molar-refractivity contribution is 0.287. The number of nitrogens with one attached hydrogen (secondary N) is 1. The second kappa shape index (κ2) is 7.16. The molecular formula is C15H22N2O2. The Morgan fingerprint density at radius 3 is 2.84 bits per heavy atom. The van der Waals surface area contributed by atoms with E-state index in [1.54, 1.807) is 12.5 Å². The molecule has 0 fully saturated rings. The smallest absolute Gasteiger partial charge is 0.118 e. The summed E-state index contributed by atoms with van der Waals surface area (Å²) >= 11 is 0. The topological polar surface area (TPSA) is 41.6 Å². The van der Waals surface area contributed by atoms with Crippen LogP contribution in [-0.4, -0.2) is 18.5 Å². The van der Waals surface area contributed by atoms with Gasteiger partial charge in [-0.15, -0.1) is 0 Å². The molecule has 0 aliphatic rings. The van der Waals surface area contributed by atoms with Gasteiger partial charge in [0.15, 0.2) is 0 Å². The van der Waals surface area contributed by atoms with Gasteiger partial charge in [0.05, 0.1) is 25.3 Å². The molecule has 0 atom stereocenters. The molecule has 2 heterocycles. The molecule has 0 aliphatic carbocycles. The van der Waals surface area contributed by atoms with E-state index in [4.69, 9.17) is 8.83 Å². The summed E-state index contributed by atoms with van der Waals surface area (Å²) < 4.78 is 10.6. The summed E-state index contributed by atoms with van der Waals surface area (Å²) in [6, 6.07) is 4.10. The number of hydrogen-bond acceptors (Lipinski definition) is 4. The van der Waals surface area contributed by atoms with Crippen molar-refractivity contribution in [1.82, 2.24) is 10.2 Å². The van der Waals surface area contributed by atoms with E-state index >= 15 is 0 Å². The van der Waals surface area contributed by atoms with Crippen LogP contribution in [0.1, 0.15) is 30.2 Å². The molecule has 104 valence electrons. The Morgan fingerprint density at radius 2 is 2.11 bits per heavy atom. The fourth-order valence-corrected chi connectivity index (χ4v) is 2.03.